The van der Waals surface area contributed by atoms with E-state index < -0.39 is 0 Å². The fourth-order valence-electron chi connectivity index (χ4n) is 2.52. The first-order chi connectivity index (χ1) is 7.34. The van der Waals surface area contributed by atoms with Gasteiger partial charge in [-0.05, 0) is 50.2 Å². The number of hydrogen-bond acceptors (Lipinski definition) is 3. The van der Waals surface area contributed by atoms with Crippen LogP contribution in [0.4, 0.5) is 0 Å². The maximum absolute atomic E-state index is 5.22. The quantitative estimate of drug-likeness (QED) is 0.799. The van der Waals surface area contributed by atoms with Gasteiger partial charge in [-0.1, -0.05) is 0 Å². The van der Waals surface area contributed by atoms with Gasteiger partial charge in [0.25, 0.3) is 0 Å². The fraction of sp³-hybridized carbons (Fsp3) is 0.667. The van der Waals surface area contributed by atoms with Crippen molar-refractivity contribution in [2.75, 3.05) is 6.61 Å². The second-order valence-corrected chi connectivity index (χ2v) is 5.99. The molecule has 1 aromatic rings. The Morgan fingerprint density at radius 2 is 2.13 bits per heavy atom. The minimum absolute atomic E-state index is 0.302. The van der Waals surface area contributed by atoms with E-state index in [4.69, 9.17) is 10.7 Å². The summed E-state index contributed by atoms with van der Waals surface area (Å²) < 4.78 is 0. The lowest BCUT2D eigenvalue weighted by molar-refractivity contribution is 0.117. The topological polar surface area (TPSA) is 35.2 Å². The molecule has 0 spiro atoms. The van der Waals surface area contributed by atoms with Crippen molar-refractivity contribution in [3.8, 4) is 0 Å². The molecule has 3 rings (SSSR count). The second-order valence-electron chi connectivity index (χ2n) is 4.86. The summed E-state index contributed by atoms with van der Waals surface area (Å²) in [6.07, 6.45) is 7.81. The van der Waals surface area contributed by atoms with Gasteiger partial charge >= 0.3 is 0 Å². The lowest BCUT2D eigenvalue weighted by atomic mass is 9.97. The Labute approximate surface area is 94.4 Å². The lowest BCUT2D eigenvalue weighted by Gasteiger charge is -2.10. The van der Waals surface area contributed by atoms with Crippen molar-refractivity contribution in [1.82, 2.24) is 0 Å². The van der Waals surface area contributed by atoms with Gasteiger partial charge in [0.15, 0.2) is 0 Å². The Morgan fingerprint density at radius 3 is 2.80 bits per heavy atom. The van der Waals surface area contributed by atoms with Gasteiger partial charge in [-0.2, -0.15) is 0 Å². The minimum Gasteiger partial charge on any atom is -0.304 e. The van der Waals surface area contributed by atoms with Crippen LogP contribution in [-0.2, 0) is 23.1 Å². The van der Waals surface area contributed by atoms with Crippen molar-refractivity contribution in [2.24, 2.45) is 5.90 Å². The third-order valence-corrected chi connectivity index (χ3v) is 5.22. The molecule has 2 nitrogen and oxygen atoms in total. The summed E-state index contributed by atoms with van der Waals surface area (Å²) in [5, 5.41) is 0. The SMILES string of the molecule is NOCC1(c2cc3c(s2)CCCC3)CC1. The summed E-state index contributed by atoms with van der Waals surface area (Å²) >= 11 is 2.01. The van der Waals surface area contributed by atoms with E-state index in [0.717, 1.165) is 0 Å². The van der Waals surface area contributed by atoms with Crippen LogP contribution in [0.1, 0.15) is 41.0 Å². The zero-order valence-electron chi connectivity index (χ0n) is 8.92. The normalized spacial score (nSPS) is 22.5. The highest BCUT2D eigenvalue weighted by molar-refractivity contribution is 7.12. The van der Waals surface area contributed by atoms with Crippen LogP contribution in [-0.4, -0.2) is 6.61 Å². The smallest absolute Gasteiger partial charge is 0.0783 e. The molecule has 1 heterocycles. The predicted molar refractivity (Wildman–Crippen MR) is 62.0 cm³/mol. The van der Waals surface area contributed by atoms with Crippen LogP contribution in [0.25, 0.3) is 0 Å². The molecule has 0 amide bonds. The summed E-state index contributed by atoms with van der Waals surface area (Å²) in [5.74, 6) is 5.22. The van der Waals surface area contributed by atoms with Gasteiger partial charge in [0.1, 0.15) is 0 Å². The molecule has 1 fully saturated rings. The van der Waals surface area contributed by atoms with Crippen LogP contribution >= 0.6 is 11.3 Å². The number of rotatable bonds is 3. The van der Waals surface area contributed by atoms with Crippen molar-refractivity contribution >= 4 is 11.3 Å². The molecule has 82 valence electrons. The molecule has 2 N–H and O–H groups in total. The first-order valence-electron chi connectivity index (χ1n) is 5.78. The Hall–Kier alpha value is -0.380. The third kappa shape index (κ3) is 1.63. The second kappa shape index (κ2) is 3.58. The summed E-state index contributed by atoms with van der Waals surface area (Å²) in [4.78, 5) is 8.01. The summed E-state index contributed by atoms with van der Waals surface area (Å²) in [7, 11) is 0. The van der Waals surface area contributed by atoms with E-state index in [2.05, 4.69) is 6.07 Å². The van der Waals surface area contributed by atoms with Crippen LogP contribution in [0.15, 0.2) is 6.07 Å². The third-order valence-electron chi connectivity index (χ3n) is 3.73. The molecule has 2 aliphatic rings. The van der Waals surface area contributed by atoms with Gasteiger partial charge < -0.3 is 4.84 Å². The van der Waals surface area contributed by atoms with Crippen LogP contribution in [0.5, 0.6) is 0 Å². The molecule has 2 aliphatic carbocycles. The molecule has 15 heavy (non-hydrogen) atoms. The molecular formula is C12H17NOS. The lowest BCUT2D eigenvalue weighted by Crippen LogP contribution is -2.16. The number of aryl methyl sites for hydroxylation is 2. The average Bonchev–Trinajstić information content (AvgIpc) is 2.91. The molecule has 0 unspecified atom stereocenters. The van der Waals surface area contributed by atoms with Gasteiger partial charge in [-0.3, -0.25) is 0 Å². The van der Waals surface area contributed by atoms with E-state index in [9.17, 15) is 0 Å². The molecule has 0 saturated heterocycles. The van der Waals surface area contributed by atoms with E-state index >= 15 is 0 Å². The van der Waals surface area contributed by atoms with Gasteiger partial charge in [0.2, 0.25) is 0 Å². The Morgan fingerprint density at radius 1 is 1.33 bits per heavy atom. The van der Waals surface area contributed by atoms with Crippen molar-refractivity contribution < 1.29 is 4.84 Å². The monoisotopic (exact) mass is 223 g/mol. The molecule has 3 heteroatoms. The van der Waals surface area contributed by atoms with Gasteiger partial charge in [-0.15, -0.1) is 11.3 Å². The molecule has 1 saturated carbocycles. The maximum Gasteiger partial charge on any atom is 0.0783 e. The van der Waals surface area contributed by atoms with Crippen LogP contribution in [0, 0.1) is 0 Å². The van der Waals surface area contributed by atoms with E-state index in [1.165, 1.54) is 43.4 Å². The van der Waals surface area contributed by atoms with Crippen molar-refractivity contribution in [1.29, 1.82) is 0 Å². The van der Waals surface area contributed by atoms with Gasteiger partial charge in [0.05, 0.1) is 6.61 Å². The zero-order valence-corrected chi connectivity index (χ0v) is 9.74. The van der Waals surface area contributed by atoms with Gasteiger partial charge in [0, 0.05) is 15.2 Å². The number of fused-ring (bicyclic) bond motifs is 1. The van der Waals surface area contributed by atoms with E-state index in [-0.39, 0.29) is 0 Å². The average molecular weight is 223 g/mol. The summed E-state index contributed by atoms with van der Waals surface area (Å²) in [6, 6.07) is 2.42. The zero-order chi connectivity index (χ0) is 10.3. The maximum atomic E-state index is 5.22. The molecule has 0 bridgehead atoms. The standard InChI is InChI=1S/C12H17NOS/c13-14-8-12(5-6-12)11-7-9-3-1-2-4-10(9)15-11/h7H,1-6,8,13H2. The first kappa shape index (κ1) is 9.82. The fourth-order valence-corrected chi connectivity index (χ4v) is 4.01. The first-order valence-corrected chi connectivity index (χ1v) is 6.59. The summed E-state index contributed by atoms with van der Waals surface area (Å²) in [5.41, 5.74) is 1.90. The molecule has 0 radical (unpaired) electrons. The minimum atomic E-state index is 0.302. The van der Waals surface area contributed by atoms with Gasteiger partial charge in [-0.25, -0.2) is 5.90 Å². The Kier molecular flexibility index (Phi) is 2.34. The molecule has 1 aromatic heterocycles. The Bertz CT molecular complexity index is 344. The highest BCUT2D eigenvalue weighted by atomic mass is 32.1. The summed E-state index contributed by atoms with van der Waals surface area (Å²) in [6.45, 7) is 0.701. The molecular weight excluding hydrogens is 206 g/mol. The number of hydrogen-bond donors (Lipinski definition) is 1. The Balaban J connectivity index is 1.89. The van der Waals surface area contributed by atoms with Crippen molar-refractivity contribution in [2.45, 2.75) is 43.9 Å². The number of nitrogens with two attached hydrogens (primary N) is 1. The number of thiophene rings is 1. The highest BCUT2D eigenvalue weighted by Gasteiger charge is 2.46. The molecule has 0 atom stereocenters. The van der Waals surface area contributed by atoms with E-state index in [0.29, 0.717) is 12.0 Å². The molecule has 0 aromatic carbocycles. The van der Waals surface area contributed by atoms with Crippen LogP contribution < -0.4 is 5.90 Å². The van der Waals surface area contributed by atoms with Crippen molar-refractivity contribution in [3.63, 3.8) is 0 Å². The van der Waals surface area contributed by atoms with Crippen LogP contribution in [0.3, 0.4) is 0 Å². The highest BCUT2D eigenvalue weighted by Crippen LogP contribution is 2.51. The largest absolute Gasteiger partial charge is 0.304 e. The van der Waals surface area contributed by atoms with E-state index in [1.54, 1.807) is 10.4 Å². The van der Waals surface area contributed by atoms with E-state index in [1.807, 2.05) is 11.3 Å². The predicted octanol–water partition coefficient (Wildman–Crippen LogP) is 2.55. The molecule has 0 aliphatic heterocycles. The van der Waals surface area contributed by atoms with Crippen LogP contribution in [0.2, 0.25) is 0 Å². The van der Waals surface area contributed by atoms with Crippen molar-refractivity contribution in [3.05, 3.63) is 21.4 Å².